The van der Waals surface area contributed by atoms with E-state index in [-0.39, 0.29) is 0 Å². The summed E-state index contributed by atoms with van der Waals surface area (Å²) in [5, 5.41) is 3.50. The van der Waals surface area contributed by atoms with Gasteiger partial charge in [-0.05, 0) is 83.2 Å². The van der Waals surface area contributed by atoms with Gasteiger partial charge < -0.3 is 9.64 Å². The Bertz CT molecular complexity index is 2770. The molecular weight excluding hydrogens is 683 g/mol. The standard InChI is InChI=1S/C44H27N3OS3/c1-5-20-39-30(12-1)32-15-8-14-29(41(32)49-39)26-22-23-36-38(25-26)48-37-19-4-3-18-35(37)47(36)28-11-7-10-27(24-28)44-45-43(46-51-44)34-17-9-16-33-31-13-2-6-21-40(31)50-42(33)34/h1-15,17-25,33H,16H2. The van der Waals surface area contributed by atoms with Crippen molar-refractivity contribution >= 4 is 77.4 Å². The van der Waals surface area contributed by atoms with Gasteiger partial charge in [-0.3, -0.25) is 0 Å². The molecule has 1 atom stereocenters. The number of allylic oxidation sites excluding steroid dienone is 4. The number of aromatic nitrogens is 2. The summed E-state index contributed by atoms with van der Waals surface area (Å²) in [6.45, 7) is 0. The summed E-state index contributed by atoms with van der Waals surface area (Å²) in [5.41, 5.74) is 9.00. The Morgan fingerprint density at radius 3 is 2.55 bits per heavy atom. The fourth-order valence-corrected chi connectivity index (χ4v) is 10.9. The summed E-state index contributed by atoms with van der Waals surface area (Å²) in [5.74, 6) is 2.85. The van der Waals surface area contributed by atoms with E-state index in [1.165, 1.54) is 52.6 Å². The van der Waals surface area contributed by atoms with Gasteiger partial charge in [0.15, 0.2) is 17.3 Å². The van der Waals surface area contributed by atoms with Crippen molar-refractivity contribution in [2.24, 2.45) is 0 Å². The Kier molecular flexibility index (Phi) is 6.62. The number of para-hydroxylation sites is 2. The van der Waals surface area contributed by atoms with E-state index in [1.54, 1.807) is 0 Å². The maximum absolute atomic E-state index is 6.63. The fourth-order valence-electron chi connectivity index (χ4n) is 7.66. The highest BCUT2D eigenvalue weighted by atomic mass is 32.2. The molecule has 0 radical (unpaired) electrons. The maximum atomic E-state index is 6.63. The van der Waals surface area contributed by atoms with Crippen molar-refractivity contribution in [2.45, 2.75) is 17.2 Å². The second-order valence-corrected chi connectivity index (χ2v) is 15.8. The first-order valence-corrected chi connectivity index (χ1v) is 19.4. The van der Waals surface area contributed by atoms with Crippen LogP contribution in [0, 0.1) is 0 Å². The molecule has 0 saturated carbocycles. The number of hydrogen-bond acceptors (Lipinski definition) is 7. The number of ether oxygens (including phenoxy) is 1. The van der Waals surface area contributed by atoms with Crippen molar-refractivity contribution in [1.29, 1.82) is 0 Å². The maximum Gasteiger partial charge on any atom is 0.174 e. The van der Waals surface area contributed by atoms with Crippen molar-refractivity contribution in [3.05, 3.63) is 162 Å². The average molecular weight is 710 g/mol. The van der Waals surface area contributed by atoms with Gasteiger partial charge in [-0.25, -0.2) is 4.98 Å². The third kappa shape index (κ3) is 4.66. The Labute approximate surface area is 307 Å². The van der Waals surface area contributed by atoms with E-state index in [2.05, 4.69) is 138 Å². The van der Waals surface area contributed by atoms with Gasteiger partial charge in [-0.1, -0.05) is 109 Å². The van der Waals surface area contributed by atoms with E-state index in [1.807, 2.05) is 35.2 Å². The van der Waals surface area contributed by atoms with Gasteiger partial charge in [0.05, 0.1) is 11.4 Å². The van der Waals surface area contributed by atoms with Gasteiger partial charge in [0.25, 0.3) is 0 Å². The molecule has 51 heavy (non-hydrogen) atoms. The van der Waals surface area contributed by atoms with Crippen LogP contribution in [0.25, 0.3) is 47.4 Å². The topological polar surface area (TPSA) is 38.2 Å². The monoisotopic (exact) mass is 709 g/mol. The van der Waals surface area contributed by atoms with Gasteiger partial charge in [0, 0.05) is 52.7 Å². The summed E-state index contributed by atoms with van der Waals surface area (Å²) in [6, 6.07) is 47.5. The molecule has 3 aliphatic rings. The normalized spacial score (nSPS) is 15.8. The lowest BCUT2D eigenvalue weighted by Crippen LogP contribution is -2.15. The SMILES string of the molecule is C1=CC(c2nsc(-c3cccc(N4c5ccccc5Oc5cc(-c6cccc7c6sc6ccccc67)ccc54)c3)n2)=C2Sc3ccccc3C2C1. The molecule has 6 aromatic carbocycles. The van der Waals surface area contributed by atoms with Gasteiger partial charge >= 0.3 is 0 Å². The largest absolute Gasteiger partial charge is 0.453 e. The predicted octanol–water partition coefficient (Wildman–Crippen LogP) is 13.4. The number of nitrogens with zero attached hydrogens (tertiary/aromatic N) is 3. The molecule has 0 amide bonds. The quantitative estimate of drug-likeness (QED) is 0.182. The molecule has 1 unspecified atom stereocenters. The minimum atomic E-state index is 0.390. The molecule has 7 heteroatoms. The number of anilines is 3. The molecule has 2 aliphatic heterocycles. The Morgan fingerprint density at radius 1 is 0.706 bits per heavy atom. The molecule has 4 nitrogen and oxygen atoms in total. The molecule has 0 saturated heterocycles. The Morgan fingerprint density at radius 2 is 1.55 bits per heavy atom. The first-order chi connectivity index (χ1) is 25.3. The number of thioether (sulfide) groups is 1. The summed E-state index contributed by atoms with van der Waals surface area (Å²) >= 11 is 5.18. The van der Waals surface area contributed by atoms with Crippen LogP contribution >= 0.6 is 34.6 Å². The first-order valence-electron chi connectivity index (χ1n) is 17.0. The van der Waals surface area contributed by atoms with Crippen LogP contribution in [-0.2, 0) is 0 Å². The molecule has 242 valence electrons. The van der Waals surface area contributed by atoms with E-state index in [4.69, 9.17) is 14.1 Å². The van der Waals surface area contributed by atoms with Crippen LogP contribution in [0.4, 0.5) is 17.1 Å². The van der Waals surface area contributed by atoms with Gasteiger partial charge in [-0.15, -0.1) is 11.3 Å². The highest BCUT2D eigenvalue weighted by molar-refractivity contribution is 8.03. The zero-order valence-electron chi connectivity index (χ0n) is 27.1. The highest BCUT2D eigenvalue weighted by Crippen LogP contribution is 2.55. The highest BCUT2D eigenvalue weighted by Gasteiger charge is 2.33. The molecule has 0 bridgehead atoms. The van der Waals surface area contributed by atoms with Crippen LogP contribution in [0.5, 0.6) is 11.5 Å². The second-order valence-electron chi connectivity index (χ2n) is 13.0. The molecular formula is C44H27N3OS3. The zero-order chi connectivity index (χ0) is 33.5. The van der Waals surface area contributed by atoms with E-state index in [0.29, 0.717) is 5.92 Å². The molecule has 0 spiro atoms. The number of hydrogen-bond donors (Lipinski definition) is 0. The third-order valence-corrected chi connectivity index (χ3v) is 13.3. The van der Waals surface area contributed by atoms with Gasteiger partial charge in [0.2, 0.25) is 0 Å². The van der Waals surface area contributed by atoms with Crippen LogP contribution in [0.2, 0.25) is 0 Å². The van der Waals surface area contributed by atoms with Crippen LogP contribution in [0.15, 0.2) is 155 Å². The van der Waals surface area contributed by atoms with Gasteiger partial charge in [0.1, 0.15) is 5.01 Å². The molecule has 1 aliphatic carbocycles. The molecule has 0 N–H and O–H groups in total. The van der Waals surface area contributed by atoms with Crippen LogP contribution < -0.4 is 9.64 Å². The lowest BCUT2D eigenvalue weighted by atomic mass is 9.89. The predicted molar refractivity (Wildman–Crippen MR) is 214 cm³/mol. The van der Waals surface area contributed by atoms with Crippen LogP contribution in [0.3, 0.4) is 0 Å². The van der Waals surface area contributed by atoms with Crippen molar-refractivity contribution in [3.63, 3.8) is 0 Å². The number of benzene rings is 6. The fraction of sp³-hybridized carbons (Fsp3) is 0.0455. The number of thiophene rings is 1. The van der Waals surface area contributed by atoms with E-state index < -0.39 is 0 Å². The summed E-state index contributed by atoms with van der Waals surface area (Å²) < 4.78 is 14.1. The van der Waals surface area contributed by atoms with Crippen LogP contribution in [0.1, 0.15) is 23.7 Å². The van der Waals surface area contributed by atoms with Crippen molar-refractivity contribution in [1.82, 2.24) is 9.36 Å². The van der Waals surface area contributed by atoms with Crippen LogP contribution in [-0.4, -0.2) is 9.36 Å². The van der Waals surface area contributed by atoms with E-state index in [0.717, 1.165) is 62.5 Å². The second kappa shape index (κ2) is 11.5. The van der Waals surface area contributed by atoms with E-state index >= 15 is 0 Å². The minimum absolute atomic E-state index is 0.390. The number of rotatable bonds is 4. The zero-order valence-corrected chi connectivity index (χ0v) is 29.6. The van der Waals surface area contributed by atoms with E-state index in [9.17, 15) is 0 Å². The first kappa shape index (κ1) is 29.3. The summed E-state index contributed by atoms with van der Waals surface area (Å²) in [6.07, 6.45) is 5.51. The van der Waals surface area contributed by atoms with Crippen molar-refractivity contribution in [3.8, 4) is 33.2 Å². The lowest BCUT2D eigenvalue weighted by Gasteiger charge is -2.33. The number of fused-ring (bicyclic) bond motifs is 8. The third-order valence-electron chi connectivity index (χ3n) is 10.0. The minimum Gasteiger partial charge on any atom is -0.453 e. The molecule has 2 aromatic heterocycles. The Balaban J connectivity index is 0.979. The Hall–Kier alpha value is -5.47. The molecule has 11 rings (SSSR count). The average Bonchev–Trinajstić information content (AvgIpc) is 3.93. The smallest absolute Gasteiger partial charge is 0.174 e. The molecule has 8 aromatic rings. The van der Waals surface area contributed by atoms with Gasteiger partial charge in [-0.2, -0.15) is 4.37 Å². The lowest BCUT2D eigenvalue weighted by molar-refractivity contribution is 0.477. The van der Waals surface area contributed by atoms with Crippen molar-refractivity contribution < 1.29 is 4.74 Å². The summed E-state index contributed by atoms with van der Waals surface area (Å²) in [4.78, 5) is 10.1. The van der Waals surface area contributed by atoms with Crippen molar-refractivity contribution in [2.75, 3.05) is 4.90 Å². The molecule has 0 fully saturated rings. The molecule has 4 heterocycles. The summed E-state index contributed by atoms with van der Waals surface area (Å²) in [7, 11) is 0.